The molecule has 33 heavy (non-hydrogen) atoms. The molecule has 1 aromatic heterocycles. The molecule has 5 nitrogen and oxygen atoms in total. The summed E-state index contributed by atoms with van der Waals surface area (Å²) in [6.07, 6.45) is 3.07. The molecule has 0 aliphatic rings. The molecule has 0 fully saturated rings. The van der Waals surface area contributed by atoms with Gasteiger partial charge in [0.1, 0.15) is 0 Å². The first-order chi connectivity index (χ1) is 16.1. The van der Waals surface area contributed by atoms with Crippen LogP contribution in [0.5, 0.6) is 0 Å². The molecule has 0 saturated carbocycles. The van der Waals surface area contributed by atoms with Gasteiger partial charge in [-0.05, 0) is 48.7 Å². The first-order valence-corrected chi connectivity index (χ1v) is 11.1. The van der Waals surface area contributed by atoms with Gasteiger partial charge in [-0.3, -0.25) is 14.6 Å². The van der Waals surface area contributed by atoms with E-state index in [0.29, 0.717) is 30.5 Å². The molecule has 0 aliphatic carbocycles. The Morgan fingerprint density at radius 1 is 0.879 bits per heavy atom. The Bertz CT molecular complexity index is 1230. The topological polar surface area (TPSA) is 62.3 Å². The van der Waals surface area contributed by atoms with Crippen LogP contribution < -0.4 is 5.32 Å². The van der Waals surface area contributed by atoms with Crippen LogP contribution in [0.1, 0.15) is 32.7 Å². The second-order valence-electron chi connectivity index (χ2n) is 8.08. The SMILES string of the molecule is CN(C(=O)c1ccccc1)[C@H](CCNC(=O)c1ccc2cccnc2c1)Cc1ccccc1. The van der Waals surface area contributed by atoms with E-state index in [1.165, 1.54) is 0 Å². The van der Waals surface area contributed by atoms with E-state index in [0.717, 1.165) is 16.5 Å². The predicted molar refractivity (Wildman–Crippen MR) is 131 cm³/mol. The largest absolute Gasteiger partial charge is 0.352 e. The number of hydrogen-bond donors (Lipinski definition) is 1. The zero-order chi connectivity index (χ0) is 23.0. The molecule has 166 valence electrons. The Balaban J connectivity index is 1.44. The highest BCUT2D eigenvalue weighted by Gasteiger charge is 2.21. The third-order valence-corrected chi connectivity index (χ3v) is 5.83. The van der Waals surface area contributed by atoms with Gasteiger partial charge < -0.3 is 10.2 Å². The molecule has 0 aliphatic heterocycles. The van der Waals surface area contributed by atoms with Crippen LogP contribution in [0.25, 0.3) is 10.9 Å². The minimum absolute atomic E-state index is 0.0246. The Labute approximate surface area is 194 Å². The van der Waals surface area contributed by atoms with Crippen molar-refractivity contribution in [1.29, 1.82) is 0 Å². The summed E-state index contributed by atoms with van der Waals surface area (Å²) >= 11 is 0. The number of amides is 2. The maximum absolute atomic E-state index is 13.1. The van der Waals surface area contributed by atoms with E-state index in [2.05, 4.69) is 22.4 Å². The van der Waals surface area contributed by atoms with Gasteiger partial charge in [-0.15, -0.1) is 0 Å². The quantitative estimate of drug-likeness (QED) is 0.433. The van der Waals surface area contributed by atoms with Gasteiger partial charge in [-0.2, -0.15) is 0 Å². The van der Waals surface area contributed by atoms with Crippen LogP contribution in [-0.2, 0) is 6.42 Å². The average molecular weight is 438 g/mol. The number of carbonyl (C=O) groups is 2. The third-order valence-electron chi connectivity index (χ3n) is 5.83. The van der Waals surface area contributed by atoms with Crippen molar-refractivity contribution in [2.24, 2.45) is 0 Å². The molecule has 5 heteroatoms. The summed E-state index contributed by atoms with van der Waals surface area (Å²) in [5.74, 6) is -0.165. The molecule has 0 saturated heterocycles. The summed E-state index contributed by atoms with van der Waals surface area (Å²) in [6, 6.07) is 28.7. The molecule has 0 bridgehead atoms. The number of carbonyl (C=O) groups excluding carboxylic acids is 2. The van der Waals surface area contributed by atoms with E-state index in [1.54, 1.807) is 17.2 Å². The van der Waals surface area contributed by atoms with Gasteiger partial charge in [0.2, 0.25) is 0 Å². The molecule has 1 atom stereocenters. The first kappa shape index (κ1) is 22.2. The van der Waals surface area contributed by atoms with Crippen molar-refractivity contribution in [2.45, 2.75) is 18.9 Å². The summed E-state index contributed by atoms with van der Waals surface area (Å²) in [4.78, 5) is 31.9. The molecule has 1 heterocycles. The average Bonchev–Trinajstić information content (AvgIpc) is 2.88. The molecule has 2 amide bonds. The zero-order valence-electron chi connectivity index (χ0n) is 18.6. The van der Waals surface area contributed by atoms with Gasteiger partial charge >= 0.3 is 0 Å². The van der Waals surface area contributed by atoms with Gasteiger partial charge in [0.15, 0.2) is 0 Å². The molecule has 4 aromatic rings. The second-order valence-corrected chi connectivity index (χ2v) is 8.08. The fraction of sp³-hybridized carbons (Fsp3) is 0.179. The monoisotopic (exact) mass is 437 g/mol. The van der Waals surface area contributed by atoms with Crippen molar-refractivity contribution in [2.75, 3.05) is 13.6 Å². The van der Waals surface area contributed by atoms with Crippen LogP contribution in [0.2, 0.25) is 0 Å². The number of likely N-dealkylation sites (N-methyl/N-ethyl adjacent to an activating group) is 1. The Hall–Kier alpha value is -3.99. The van der Waals surface area contributed by atoms with Crippen LogP contribution in [0.4, 0.5) is 0 Å². The highest BCUT2D eigenvalue weighted by Crippen LogP contribution is 2.16. The van der Waals surface area contributed by atoms with E-state index >= 15 is 0 Å². The number of pyridine rings is 1. The fourth-order valence-electron chi connectivity index (χ4n) is 3.93. The van der Waals surface area contributed by atoms with E-state index in [4.69, 9.17) is 0 Å². The van der Waals surface area contributed by atoms with Crippen molar-refractivity contribution in [3.63, 3.8) is 0 Å². The maximum atomic E-state index is 13.1. The summed E-state index contributed by atoms with van der Waals surface area (Å²) < 4.78 is 0. The van der Waals surface area contributed by atoms with E-state index < -0.39 is 0 Å². The van der Waals surface area contributed by atoms with Crippen molar-refractivity contribution in [3.05, 3.63) is 114 Å². The lowest BCUT2D eigenvalue weighted by Gasteiger charge is -2.29. The second kappa shape index (κ2) is 10.6. The number of benzene rings is 3. The Kier molecular flexibility index (Phi) is 7.10. The third kappa shape index (κ3) is 5.63. The highest BCUT2D eigenvalue weighted by atomic mass is 16.2. The number of rotatable bonds is 8. The summed E-state index contributed by atoms with van der Waals surface area (Å²) in [6.45, 7) is 0.461. The number of hydrogen-bond acceptors (Lipinski definition) is 3. The van der Waals surface area contributed by atoms with Gasteiger partial charge in [0, 0.05) is 42.3 Å². The lowest BCUT2D eigenvalue weighted by Crippen LogP contribution is -2.41. The summed E-state index contributed by atoms with van der Waals surface area (Å²) in [5.41, 5.74) is 3.18. The molecule has 0 radical (unpaired) electrons. The fourth-order valence-corrected chi connectivity index (χ4v) is 3.93. The lowest BCUT2D eigenvalue weighted by atomic mass is 10.0. The Morgan fingerprint density at radius 2 is 1.61 bits per heavy atom. The zero-order valence-corrected chi connectivity index (χ0v) is 18.6. The van der Waals surface area contributed by atoms with Crippen LogP contribution in [0.3, 0.4) is 0 Å². The standard InChI is InChI=1S/C28H27N3O2/c1-31(28(33)23-11-6-3-7-12-23)25(19-21-9-4-2-5-10-21)16-18-30-27(32)24-15-14-22-13-8-17-29-26(22)20-24/h2-15,17,20,25H,16,18-19H2,1H3,(H,30,32)/t25-/m1/s1. The van der Waals surface area contributed by atoms with E-state index in [1.807, 2.05) is 79.8 Å². The normalized spacial score (nSPS) is 11.7. The summed E-state index contributed by atoms with van der Waals surface area (Å²) in [7, 11) is 1.83. The van der Waals surface area contributed by atoms with Crippen LogP contribution >= 0.6 is 0 Å². The minimum Gasteiger partial charge on any atom is -0.352 e. The number of nitrogens with one attached hydrogen (secondary N) is 1. The molecular weight excluding hydrogens is 410 g/mol. The van der Waals surface area contributed by atoms with Crippen LogP contribution in [-0.4, -0.2) is 41.3 Å². The van der Waals surface area contributed by atoms with E-state index in [-0.39, 0.29) is 17.9 Å². The van der Waals surface area contributed by atoms with Gasteiger partial charge in [-0.25, -0.2) is 0 Å². The van der Waals surface area contributed by atoms with Crippen molar-refractivity contribution < 1.29 is 9.59 Å². The molecule has 0 unspecified atom stereocenters. The minimum atomic E-state index is -0.141. The smallest absolute Gasteiger partial charge is 0.253 e. The van der Waals surface area contributed by atoms with Crippen molar-refractivity contribution in [1.82, 2.24) is 15.2 Å². The predicted octanol–water partition coefficient (Wildman–Crippen LogP) is 4.74. The number of nitrogens with zero attached hydrogens (tertiary/aromatic N) is 2. The molecule has 1 N–H and O–H groups in total. The molecule has 4 rings (SSSR count). The van der Waals surface area contributed by atoms with E-state index in [9.17, 15) is 9.59 Å². The van der Waals surface area contributed by atoms with Crippen molar-refractivity contribution >= 4 is 22.7 Å². The van der Waals surface area contributed by atoms with Gasteiger partial charge in [0.25, 0.3) is 11.8 Å². The lowest BCUT2D eigenvalue weighted by molar-refractivity contribution is 0.0723. The van der Waals surface area contributed by atoms with Crippen molar-refractivity contribution in [3.8, 4) is 0 Å². The Morgan fingerprint density at radius 3 is 2.36 bits per heavy atom. The highest BCUT2D eigenvalue weighted by molar-refractivity contribution is 5.97. The molecule has 0 spiro atoms. The molecule has 3 aromatic carbocycles. The first-order valence-electron chi connectivity index (χ1n) is 11.1. The van der Waals surface area contributed by atoms with Gasteiger partial charge in [0.05, 0.1) is 5.52 Å². The maximum Gasteiger partial charge on any atom is 0.253 e. The van der Waals surface area contributed by atoms with Crippen LogP contribution in [0.15, 0.2) is 97.2 Å². The number of aromatic nitrogens is 1. The molecular formula is C28H27N3O2. The summed E-state index contributed by atoms with van der Waals surface area (Å²) in [5, 5.41) is 4.01. The van der Waals surface area contributed by atoms with Crippen LogP contribution in [0, 0.1) is 0 Å². The van der Waals surface area contributed by atoms with Gasteiger partial charge in [-0.1, -0.05) is 60.7 Å². The number of fused-ring (bicyclic) bond motifs is 1.